The number of nitrogens with zero attached hydrogens (tertiary/aromatic N) is 2. The Balaban J connectivity index is 1.47. The third kappa shape index (κ3) is 4.33. The lowest BCUT2D eigenvalue weighted by Gasteiger charge is -2.37. The van der Waals surface area contributed by atoms with E-state index in [4.69, 9.17) is 11.6 Å². The number of sulfonamides is 1. The van der Waals surface area contributed by atoms with Crippen LogP contribution in [0.25, 0.3) is 0 Å². The summed E-state index contributed by atoms with van der Waals surface area (Å²) in [4.78, 5) is 11.2. The van der Waals surface area contributed by atoms with Gasteiger partial charge in [-0.3, -0.25) is 10.1 Å². The highest BCUT2D eigenvalue weighted by Crippen LogP contribution is 2.50. The monoisotopic (exact) mass is 509 g/mol. The van der Waals surface area contributed by atoms with E-state index >= 15 is 0 Å². The van der Waals surface area contributed by atoms with Crippen LogP contribution in [0.15, 0.2) is 83.8 Å². The van der Waals surface area contributed by atoms with Gasteiger partial charge in [-0.25, -0.2) is 8.42 Å². The zero-order valence-electron chi connectivity index (χ0n) is 19.0. The number of rotatable bonds is 6. The number of nitro benzene ring substituents is 1. The average molecular weight is 510 g/mol. The van der Waals surface area contributed by atoms with Crippen LogP contribution in [0.1, 0.15) is 35.1 Å². The van der Waals surface area contributed by atoms with E-state index in [0.29, 0.717) is 0 Å². The van der Waals surface area contributed by atoms with E-state index in [1.807, 2.05) is 36.4 Å². The van der Waals surface area contributed by atoms with Gasteiger partial charge in [-0.1, -0.05) is 60.2 Å². The van der Waals surface area contributed by atoms with Crippen LogP contribution in [0.2, 0.25) is 5.02 Å². The van der Waals surface area contributed by atoms with Crippen molar-refractivity contribution in [2.75, 3.05) is 12.4 Å². The van der Waals surface area contributed by atoms with Crippen LogP contribution in [-0.4, -0.2) is 24.7 Å². The molecule has 3 unspecified atom stereocenters. The van der Waals surface area contributed by atoms with Gasteiger partial charge < -0.3 is 5.32 Å². The predicted molar refractivity (Wildman–Crippen MR) is 136 cm³/mol. The maximum Gasteiger partial charge on any atom is 0.288 e. The minimum absolute atomic E-state index is 0.000522. The largest absolute Gasteiger partial charge is 0.378 e. The van der Waals surface area contributed by atoms with Crippen LogP contribution in [0.5, 0.6) is 0 Å². The van der Waals surface area contributed by atoms with Gasteiger partial charge in [-0.05, 0) is 53.3 Å². The quantitative estimate of drug-likeness (QED) is 0.254. The lowest BCUT2D eigenvalue weighted by Crippen LogP contribution is -2.30. The van der Waals surface area contributed by atoms with E-state index < -0.39 is 14.9 Å². The molecule has 180 valence electrons. The fourth-order valence-electron chi connectivity index (χ4n) is 5.03. The summed E-state index contributed by atoms with van der Waals surface area (Å²) in [6.07, 6.45) is 4.97. The molecule has 3 aromatic rings. The van der Waals surface area contributed by atoms with Gasteiger partial charge in [-0.2, -0.15) is 4.31 Å². The van der Waals surface area contributed by atoms with Crippen LogP contribution < -0.4 is 5.32 Å². The summed E-state index contributed by atoms with van der Waals surface area (Å²) in [6.45, 7) is 0.280. The Bertz CT molecular complexity index is 1430. The normalized spacial score (nSPS) is 20.8. The number of fused-ring (bicyclic) bond motifs is 3. The fraction of sp³-hybridized carbons (Fsp3) is 0.231. The van der Waals surface area contributed by atoms with Crippen molar-refractivity contribution in [3.8, 4) is 0 Å². The van der Waals surface area contributed by atoms with Gasteiger partial charge in [0.25, 0.3) is 5.69 Å². The van der Waals surface area contributed by atoms with E-state index in [-0.39, 0.29) is 40.0 Å². The molecular formula is C26H24ClN3O4S. The Morgan fingerprint density at radius 2 is 1.89 bits per heavy atom. The van der Waals surface area contributed by atoms with Gasteiger partial charge in [0.15, 0.2) is 0 Å². The summed E-state index contributed by atoms with van der Waals surface area (Å²) in [5.41, 5.74) is 3.31. The second-order valence-corrected chi connectivity index (χ2v) is 11.4. The molecule has 7 nitrogen and oxygen atoms in total. The number of anilines is 1. The molecule has 0 amide bonds. The van der Waals surface area contributed by atoms with Crippen molar-refractivity contribution in [2.24, 2.45) is 5.92 Å². The molecule has 0 saturated carbocycles. The summed E-state index contributed by atoms with van der Waals surface area (Å²) in [7, 11) is -2.11. The third-order valence-electron chi connectivity index (χ3n) is 6.82. The molecule has 3 atom stereocenters. The maximum absolute atomic E-state index is 13.3. The van der Waals surface area contributed by atoms with Crippen LogP contribution in [0.4, 0.5) is 11.4 Å². The van der Waals surface area contributed by atoms with Crippen molar-refractivity contribution >= 4 is 33.0 Å². The highest BCUT2D eigenvalue weighted by Gasteiger charge is 2.39. The van der Waals surface area contributed by atoms with Crippen molar-refractivity contribution in [3.63, 3.8) is 0 Å². The number of allylic oxidation sites excluding steroid dienone is 2. The summed E-state index contributed by atoms with van der Waals surface area (Å²) >= 11 is 6.02. The fourth-order valence-corrected chi connectivity index (χ4v) is 6.41. The number of nitrogens with one attached hydrogen (secondary N) is 1. The minimum Gasteiger partial charge on any atom is -0.378 e. The third-order valence-corrected chi connectivity index (χ3v) is 8.94. The molecule has 0 aromatic heterocycles. The highest BCUT2D eigenvalue weighted by atomic mass is 35.5. The van der Waals surface area contributed by atoms with Crippen LogP contribution in [0.3, 0.4) is 0 Å². The van der Waals surface area contributed by atoms with Crippen molar-refractivity contribution in [1.82, 2.24) is 4.31 Å². The van der Waals surface area contributed by atoms with Crippen LogP contribution in [-0.2, 0) is 16.6 Å². The molecule has 0 bridgehead atoms. The average Bonchev–Trinajstić information content (AvgIpc) is 3.34. The number of hydrogen-bond acceptors (Lipinski definition) is 5. The van der Waals surface area contributed by atoms with E-state index in [1.165, 1.54) is 10.4 Å². The topological polar surface area (TPSA) is 92.5 Å². The smallest absolute Gasteiger partial charge is 0.288 e. The van der Waals surface area contributed by atoms with Crippen LogP contribution in [0, 0.1) is 16.0 Å². The molecule has 0 saturated heterocycles. The molecule has 0 fully saturated rings. The Kier molecular flexibility index (Phi) is 6.13. The summed E-state index contributed by atoms with van der Waals surface area (Å²) in [5.74, 6) is 0.101. The van der Waals surface area contributed by atoms with Crippen LogP contribution >= 0.6 is 11.6 Å². The molecule has 0 spiro atoms. The van der Waals surface area contributed by atoms with Gasteiger partial charge in [0.2, 0.25) is 10.0 Å². The maximum atomic E-state index is 13.3. The first kappa shape index (κ1) is 23.5. The van der Waals surface area contributed by atoms with Crippen molar-refractivity contribution in [3.05, 3.63) is 111 Å². The van der Waals surface area contributed by atoms with E-state index in [0.717, 1.165) is 28.8 Å². The van der Waals surface area contributed by atoms with Gasteiger partial charge in [-0.15, -0.1) is 0 Å². The number of nitro groups is 1. The van der Waals surface area contributed by atoms with E-state index in [1.54, 1.807) is 31.3 Å². The van der Waals surface area contributed by atoms with E-state index in [9.17, 15) is 18.5 Å². The van der Waals surface area contributed by atoms with Gasteiger partial charge in [0.05, 0.1) is 15.9 Å². The van der Waals surface area contributed by atoms with Gasteiger partial charge in [0.1, 0.15) is 5.02 Å². The highest BCUT2D eigenvalue weighted by molar-refractivity contribution is 7.89. The Labute approximate surface area is 209 Å². The first-order valence-corrected chi connectivity index (χ1v) is 13.1. The Morgan fingerprint density at radius 1 is 1.11 bits per heavy atom. The molecular weight excluding hydrogens is 486 g/mol. The lowest BCUT2D eigenvalue weighted by atomic mass is 9.77. The molecule has 5 rings (SSSR count). The lowest BCUT2D eigenvalue weighted by molar-refractivity contribution is -0.384. The molecule has 1 aliphatic heterocycles. The Morgan fingerprint density at radius 3 is 2.63 bits per heavy atom. The summed E-state index contributed by atoms with van der Waals surface area (Å²) in [5, 5.41) is 15.0. The Hall–Kier alpha value is -3.20. The standard InChI is InChI=1S/C26H24ClN3O4S/c1-29(16-17-6-3-2-4-7-17)35(33,34)19-11-13-24-22(15-19)20-8-5-9-21(20)26(28-24)18-10-12-23(27)25(14-18)30(31)32/h2-8,10-15,20-21,26,28H,9,16H2,1H3. The minimum atomic E-state index is -3.69. The number of halogens is 1. The van der Waals surface area contributed by atoms with Gasteiger partial charge in [0, 0.05) is 31.3 Å². The van der Waals surface area contributed by atoms with Crippen molar-refractivity contribution < 1.29 is 13.3 Å². The predicted octanol–water partition coefficient (Wildman–Crippen LogP) is 5.90. The molecule has 3 aromatic carbocycles. The second kappa shape index (κ2) is 9.11. The summed E-state index contributed by atoms with van der Waals surface area (Å²) < 4.78 is 28.0. The molecule has 35 heavy (non-hydrogen) atoms. The molecule has 1 aliphatic carbocycles. The molecule has 1 N–H and O–H groups in total. The second-order valence-electron chi connectivity index (χ2n) is 8.94. The van der Waals surface area contributed by atoms with E-state index in [2.05, 4.69) is 17.5 Å². The molecule has 2 aliphatic rings. The first-order chi connectivity index (χ1) is 16.8. The molecule has 1 heterocycles. The van der Waals surface area contributed by atoms with Gasteiger partial charge >= 0.3 is 0 Å². The number of hydrogen-bond donors (Lipinski definition) is 1. The van der Waals surface area contributed by atoms with Crippen molar-refractivity contribution in [2.45, 2.75) is 29.8 Å². The molecule has 9 heteroatoms. The SMILES string of the molecule is CN(Cc1ccccc1)S(=O)(=O)c1ccc2c(c1)C1C=CCC1C(c1ccc(Cl)c([N+](=O)[O-])c1)N2. The zero-order chi connectivity index (χ0) is 24.7. The first-order valence-electron chi connectivity index (χ1n) is 11.3. The number of benzene rings is 3. The molecule has 0 radical (unpaired) electrons. The zero-order valence-corrected chi connectivity index (χ0v) is 20.5. The summed E-state index contributed by atoms with van der Waals surface area (Å²) in [6, 6.07) is 19.4. The van der Waals surface area contributed by atoms with Crippen molar-refractivity contribution in [1.29, 1.82) is 0 Å².